The number of carbonyl (C=O) groups is 1. The summed E-state index contributed by atoms with van der Waals surface area (Å²) in [5.41, 5.74) is 0.576. The molecule has 1 aromatic carbocycles. The van der Waals surface area contributed by atoms with Gasteiger partial charge in [-0.2, -0.15) is 0 Å². The van der Waals surface area contributed by atoms with Crippen molar-refractivity contribution in [1.82, 2.24) is 4.98 Å². The van der Waals surface area contributed by atoms with Gasteiger partial charge in [-0.05, 0) is 25.0 Å². The minimum atomic E-state index is -0.295. The number of Topliss-reactive ketones (excluding diaryl/α,β-unsaturated/α-hetero) is 1. The number of ketones is 1. The van der Waals surface area contributed by atoms with Crippen LogP contribution in [-0.4, -0.2) is 16.9 Å². The fraction of sp³-hybridized carbons (Fsp3) is 0.412. The Morgan fingerprint density at radius 1 is 1.25 bits per heavy atom. The third kappa shape index (κ3) is 1.80. The Bertz CT molecular complexity index is 641. The van der Waals surface area contributed by atoms with Gasteiger partial charge in [-0.15, -0.1) is 0 Å². The highest BCUT2D eigenvalue weighted by atomic mass is 16.5. The number of rotatable bonds is 4. The summed E-state index contributed by atoms with van der Waals surface area (Å²) in [7, 11) is 0. The molecule has 104 valence electrons. The summed E-state index contributed by atoms with van der Waals surface area (Å²) in [6.07, 6.45) is 3.95. The van der Waals surface area contributed by atoms with E-state index in [0.29, 0.717) is 12.2 Å². The second-order valence-electron chi connectivity index (χ2n) is 5.43. The topological polar surface area (TPSA) is 39.2 Å². The minimum absolute atomic E-state index is 0.0161. The van der Waals surface area contributed by atoms with E-state index in [0.717, 1.165) is 29.5 Å². The molecule has 0 saturated heterocycles. The zero-order valence-corrected chi connectivity index (χ0v) is 11.9. The van der Waals surface area contributed by atoms with Gasteiger partial charge in [0.2, 0.25) is 0 Å². The van der Waals surface area contributed by atoms with Crippen LogP contribution in [0.1, 0.15) is 33.1 Å². The lowest BCUT2D eigenvalue weighted by molar-refractivity contribution is -0.153. The monoisotopic (exact) mass is 269 g/mol. The van der Waals surface area contributed by atoms with Gasteiger partial charge in [0.25, 0.3) is 0 Å². The van der Waals surface area contributed by atoms with Gasteiger partial charge in [0, 0.05) is 18.0 Å². The number of aromatic nitrogens is 1. The lowest BCUT2D eigenvalue weighted by Gasteiger charge is -2.46. The number of nitrogens with zero attached hydrogens (tertiary/aromatic N) is 1. The zero-order valence-electron chi connectivity index (χ0n) is 11.9. The second-order valence-corrected chi connectivity index (χ2v) is 5.43. The van der Waals surface area contributed by atoms with E-state index in [1.165, 1.54) is 0 Å². The van der Waals surface area contributed by atoms with Crippen LogP contribution >= 0.6 is 0 Å². The molecule has 1 aromatic heterocycles. The molecule has 1 fully saturated rings. The first kappa shape index (κ1) is 13.1. The molecule has 3 nitrogen and oxygen atoms in total. The van der Waals surface area contributed by atoms with E-state index in [2.05, 4.69) is 18.8 Å². The van der Waals surface area contributed by atoms with Gasteiger partial charge in [-0.25, -0.2) is 0 Å². The first-order valence-corrected chi connectivity index (χ1v) is 7.25. The Kier molecular flexibility index (Phi) is 3.20. The van der Waals surface area contributed by atoms with E-state index in [9.17, 15) is 4.79 Å². The molecular weight excluding hydrogens is 250 g/mol. The van der Waals surface area contributed by atoms with Gasteiger partial charge in [0.05, 0.1) is 5.41 Å². The summed E-state index contributed by atoms with van der Waals surface area (Å²) in [6.45, 7) is 4.14. The molecule has 2 aromatic rings. The average molecular weight is 269 g/mol. The first-order valence-electron chi connectivity index (χ1n) is 7.25. The van der Waals surface area contributed by atoms with Gasteiger partial charge in [-0.3, -0.25) is 9.78 Å². The smallest absolute Gasteiger partial charge is 0.146 e. The minimum Gasteiger partial charge on any atom is -0.487 e. The molecule has 3 heteroatoms. The maximum atomic E-state index is 12.0. The fourth-order valence-corrected chi connectivity index (χ4v) is 3.19. The summed E-state index contributed by atoms with van der Waals surface area (Å²) < 4.78 is 6.15. The first-order chi connectivity index (χ1) is 9.71. The van der Waals surface area contributed by atoms with Crippen molar-refractivity contribution in [1.29, 1.82) is 0 Å². The van der Waals surface area contributed by atoms with Crippen molar-refractivity contribution in [3.63, 3.8) is 0 Å². The molecule has 1 aliphatic carbocycles. The van der Waals surface area contributed by atoms with Crippen molar-refractivity contribution in [2.24, 2.45) is 5.41 Å². The molecule has 1 unspecified atom stereocenters. The van der Waals surface area contributed by atoms with Crippen LogP contribution in [-0.2, 0) is 4.79 Å². The van der Waals surface area contributed by atoms with Crippen LogP contribution < -0.4 is 4.74 Å². The van der Waals surface area contributed by atoms with Crippen molar-refractivity contribution in [3.05, 3.63) is 36.5 Å². The average Bonchev–Trinajstić information content (AvgIpc) is 2.48. The Hall–Kier alpha value is -1.90. The number of hydrogen-bond donors (Lipinski definition) is 0. The highest BCUT2D eigenvalue weighted by molar-refractivity contribution is 5.92. The molecule has 0 N–H and O–H groups in total. The lowest BCUT2D eigenvalue weighted by Crippen LogP contribution is -2.56. The Morgan fingerprint density at radius 2 is 2.00 bits per heavy atom. The van der Waals surface area contributed by atoms with E-state index in [1.54, 1.807) is 6.20 Å². The zero-order chi connectivity index (χ0) is 14.2. The number of benzene rings is 1. The fourth-order valence-electron chi connectivity index (χ4n) is 3.19. The number of carbonyl (C=O) groups excluding carboxylic acids is 1. The molecule has 1 saturated carbocycles. The summed E-state index contributed by atoms with van der Waals surface area (Å²) in [4.78, 5) is 16.4. The molecule has 1 aliphatic rings. The van der Waals surface area contributed by atoms with Crippen LogP contribution in [0.5, 0.6) is 5.75 Å². The van der Waals surface area contributed by atoms with E-state index in [-0.39, 0.29) is 11.5 Å². The van der Waals surface area contributed by atoms with Gasteiger partial charge in [0.1, 0.15) is 23.2 Å². The number of fused-ring (bicyclic) bond motifs is 1. The number of hydrogen-bond acceptors (Lipinski definition) is 3. The van der Waals surface area contributed by atoms with Crippen molar-refractivity contribution in [3.8, 4) is 5.75 Å². The van der Waals surface area contributed by atoms with E-state index in [1.807, 2.05) is 30.3 Å². The van der Waals surface area contributed by atoms with Crippen LogP contribution in [0, 0.1) is 5.41 Å². The van der Waals surface area contributed by atoms with Crippen LogP contribution in [0.15, 0.2) is 36.5 Å². The Balaban J connectivity index is 1.93. The van der Waals surface area contributed by atoms with Crippen molar-refractivity contribution in [2.45, 2.75) is 39.2 Å². The van der Waals surface area contributed by atoms with E-state index < -0.39 is 0 Å². The third-order valence-corrected chi connectivity index (χ3v) is 4.67. The molecule has 0 bridgehead atoms. The van der Waals surface area contributed by atoms with E-state index in [4.69, 9.17) is 4.74 Å². The number of ether oxygens (including phenoxy) is 1. The molecule has 0 amide bonds. The molecule has 20 heavy (non-hydrogen) atoms. The van der Waals surface area contributed by atoms with E-state index >= 15 is 0 Å². The summed E-state index contributed by atoms with van der Waals surface area (Å²) in [5.74, 6) is 1.12. The van der Waals surface area contributed by atoms with Gasteiger partial charge >= 0.3 is 0 Å². The van der Waals surface area contributed by atoms with Crippen molar-refractivity contribution >= 4 is 16.7 Å². The van der Waals surface area contributed by atoms with Crippen LogP contribution in [0.3, 0.4) is 0 Å². The maximum absolute atomic E-state index is 12.0. The van der Waals surface area contributed by atoms with Crippen molar-refractivity contribution < 1.29 is 9.53 Å². The molecule has 1 atom stereocenters. The van der Waals surface area contributed by atoms with Crippen LogP contribution in [0.25, 0.3) is 10.9 Å². The molecule has 3 rings (SSSR count). The Morgan fingerprint density at radius 3 is 2.70 bits per heavy atom. The SMILES string of the molecule is CCC1(CC)C(=O)CC1Oc1cccc2cccnc12. The second kappa shape index (κ2) is 4.89. The largest absolute Gasteiger partial charge is 0.487 e. The Labute approximate surface area is 119 Å². The number of para-hydroxylation sites is 1. The molecular formula is C17H19NO2. The highest BCUT2D eigenvalue weighted by Crippen LogP contribution is 2.46. The predicted octanol–water partition coefficient (Wildman–Crippen LogP) is 3.76. The van der Waals surface area contributed by atoms with Gasteiger partial charge in [-0.1, -0.05) is 32.0 Å². The summed E-state index contributed by atoms with van der Waals surface area (Å²) >= 11 is 0. The predicted molar refractivity (Wildman–Crippen MR) is 78.8 cm³/mol. The molecule has 0 aliphatic heterocycles. The quantitative estimate of drug-likeness (QED) is 0.848. The molecule has 1 heterocycles. The number of pyridine rings is 1. The van der Waals surface area contributed by atoms with Crippen LogP contribution in [0.4, 0.5) is 0 Å². The maximum Gasteiger partial charge on any atom is 0.146 e. The normalized spacial score (nSPS) is 20.7. The van der Waals surface area contributed by atoms with Gasteiger partial charge < -0.3 is 4.74 Å². The summed E-state index contributed by atoms with van der Waals surface area (Å²) in [6, 6.07) is 9.87. The van der Waals surface area contributed by atoms with Crippen LogP contribution in [0.2, 0.25) is 0 Å². The van der Waals surface area contributed by atoms with Crippen molar-refractivity contribution in [2.75, 3.05) is 0 Å². The standard InChI is InChI=1S/C17H19NO2/c1-3-17(4-2)14(19)11-15(17)20-13-9-5-7-12-8-6-10-18-16(12)13/h5-10,15H,3-4,11H2,1-2H3. The highest BCUT2D eigenvalue weighted by Gasteiger charge is 2.53. The molecule has 0 radical (unpaired) electrons. The lowest BCUT2D eigenvalue weighted by atomic mass is 9.61. The third-order valence-electron chi connectivity index (χ3n) is 4.67. The van der Waals surface area contributed by atoms with Gasteiger partial charge in [0.15, 0.2) is 0 Å². The molecule has 0 spiro atoms. The summed E-state index contributed by atoms with van der Waals surface area (Å²) in [5, 5.41) is 1.06.